The van der Waals surface area contributed by atoms with Crippen LogP contribution in [0.2, 0.25) is 0 Å². The second kappa shape index (κ2) is 6.18. The van der Waals surface area contributed by atoms with E-state index in [1.807, 2.05) is 27.7 Å². The number of hydrogen-bond acceptors (Lipinski definition) is 7. The third-order valence-corrected chi connectivity index (χ3v) is 3.98. The Balaban J connectivity index is 1.73. The first-order chi connectivity index (χ1) is 10.8. The van der Waals surface area contributed by atoms with Crippen LogP contribution in [0.3, 0.4) is 0 Å². The topological polar surface area (TPSA) is 104 Å². The molecule has 5 atom stereocenters. The Bertz CT molecular complexity index is 493. The number of fused-ring (bicyclic) bond motifs is 3. The van der Waals surface area contributed by atoms with Crippen molar-refractivity contribution in [2.45, 2.75) is 70.0 Å². The van der Waals surface area contributed by atoms with E-state index in [1.54, 1.807) is 0 Å². The molecule has 3 heterocycles. The van der Waals surface area contributed by atoms with E-state index in [9.17, 15) is 0 Å². The Morgan fingerprint density at radius 3 is 2.52 bits per heavy atom. The fraction of sp³-hybridized carbons (Fsp3) is 1.00. The van der Waals surface area contributed by atoms with E-state index >= 15 is 0 Å². The van der Waals surface area contributed by atoms with Gasteiger partial charge in [0.15, 0.2) is 17.9 Å². The van der Waals surface area contributed by atoms with Gasteiger partial charge in [0.2, 0.25) is 0 Å². The highest BCUT2D eigenvalue weighted by atomic mass is 16.8. The molecule has 0 N–H and O–H groups in total. The van der Waals surface area contributed by atoms with Crippen molar-refractivity contribution in [1.29, 1.82) is 0 Å². The van der Waals surface area contributed by atoms with E-state index in [0.29, 0.717) is 6.61 Å². The highest BCUT2D eigenvalue weighted by Crippen LogP contribution is 2.42. The molecular formula is C14H23N3O6. The monoisotopic (exact) mass is 329 g/mol. The van der Waals surface area contributed by atoms with Crippen molar-refractivity contribution < 1.29 is 28.4 Å². The van der Waals surface area contributed by atoms with Crippen LogP contribution < -0.4 is 0 Å². The molecule has 0 spiro atoms. The maximum atomic E-state index is 8.32. The Morgan fingerprint density at radius 2 is 1.78 bits per heavy atom. The Hall–Kier alpha value is -0.930. The summed E-state index contributed by atoms with van der Waals surface area (Å²) >= 11 is 0. The molecule has 0 aromatic heterocycles. The van der Waals surface area contributed by atoms with E-state index in [0.717, 1.165) is 0 Å². The molecule has 0 bridgehead atoms. The van der Waals surface area contributed by atoms with E-state index in [2.05, 4.69) is 10.0 Å². The molecule has 0 aromatic rings. The maximum absolute atomic E-state index is 8.32. The van der Waals surface area contributed by atoms with Crippen molar-refractivity contribution in [1.82, 2.24) is 0 Å². The minimum atomic E-state index is -0.744. The van der Waals surface area contributed by atoms with Gasteiger partial charge in [-0.15, -0.1) is 0 Å². The van der Waals surface area contributed by atoms with Gasteiger partial charge in [0.25, 0.3) is 0 Å². The summed E-state index contributed by atoms with van der Waals surface area (Å²) in [6, 6.07) is 0. The van der Waals surface area contributed by atoms with E-state index < -0.39 is 24.0 Å². The fourth-order valence-electron chi connectivity index (χ4n) is 3.13. The van der Waals surface area contributed by atoms with Crippen molar-refractivity contribution >= 4 is 0 Å². The van der Waals surface area contributed by atoms with Gasteiger partial charge < -0.3 is 28.4 Å². The van der Waals surface area contributed by atoms with Crippen LogP contribution >= 0.6 is 0 Å². The van der Waals surface area contributed by atoms with E-state index in [4.69, 9.17) is 34.0 Å². The van der Waals surface area contributed by atoms with Crippen LogP contribution in [0.15, 0.2) is 5.11 Å². The van der Waals surface area contributed by atoms with Crippen LogP contribution in [-0.4, -0.2) is 62.0 Å². The second-order valence-corrected chi connectivity index (χ2v) is 6.73. The Labute approximate surface area is 134 Å². The summed E-state index contributed by atoms with van der Waals surface area (Å²) in [4.78, 5) is 2.70. The first kappa shape index (κ1) is 16.9. The Morgan fingerprint density at radius 1 is 1.09 bits per heavy atom. The maximum Gasteiger partial charge on any atom is 0.187 e. The summed E-state index contributed by atoms with van der Waals surface area (Å²) in [6.07, 6.45) is -1.93. The molecule has 0 aromatic carbocycles. The standard InChI is InChI=1S/C14H23N3O6/c1-13(2)19-7-8-9(21-13)10-11(23-14(3,4)22-10)12(20-8)18-6-5-16-17-15/h8-12H,5-7H2,1-4H3. The summed E-state index contributed by atoms with van der Waals surface area (Å²) in [5.41, 5.74) is 8.32. The highest BCUT2D eigenvalue weighted by Gasteiger charge is 2.58. The van der Waals surface area contributed by atoms with Crippen molar-refractivity contribution in [3.05, 3.63) is 10.4 Å². The lowest BCUT2D eigenvalue weighted by Crippen LogP contribution is -2.63. The van der Waals surface area contributed by atoms with Crippen LogP contribution in [0.1, 0.15) is 27.7 Å². The van der Waals surface area contributed by atoms with Crippen molar-refractivity contribution in [2.24, 2.45) is 5.11 Å². The van der Waals surface area contributed by atoms with Crippen molar-refractivity contribution in [3.63, 3.8) is 0 Å². The van der Waals surface area contributed by atoms with E-state index in [-0.39, 0.29) is 31.5 Å². The molecule has 3 aliphatic heterocycles. The molecule has 5 unspecified atom stereocenters. The third-order valence-electron chi connectivity index (χ3n) is 3.98. The molecule has 9 nitrogen and oxygen atoms in total. The fourth-order valence-corrected chi connectivity index (χ4v) is 3.13. The molecule has 9 heteroatoms. The summed E-state index contributed by atoms with van der Waals surface area (Å²) in [6.45, 7) is 8.28. The SMILES string of the molecule is CC1(C)OCC2OC(OCCN=[N+]=[N-])C3OC(C)(C)OC3C2O1. The molecular weight excluding hydrogens is 306 g/mol. The Kier molecular flexibility index (Phi) is 4.54. The highest BCUT2D eigenvalue weighted by molar-refractivity contribution is 4.99. The van der Waals surface area contributed by atoms with Crippen molar-refractivity contribution in [2.75, 3.05) is 19.8 Å². The van der Waals surface area contributed by atoms with Gasteiger partial charge in [0.05, 0.1) is 13.2 Å². The number of hydrogen-bond donors (Lipinski definition) is 0. The van der Waals surface area contributed by atoms with Crippen LogP contribution in [0.4, 0.5) is 0 Å². The quantitative estimate of drug-likeness (QED) is 0.336. The zero-order valence-electron chi connectivity index (χ0n) is 13.8. The first-order valence-corrected chi connectivity index (χ1v) is 7.77. The molecule has 3 rings (SSSR count). The largest absolute Gasteiger partial charge is 0.350 e. The lowest BCUT2D eigenvalue weighted by Gasteiger charge is -2.48. The smallest absolute Gasteiger partial charge is 0.187 e. The van der Waals surface area contributed by atoms with Crippen LogP contribution in [0, 0.1) is 0 Å². The molecule has 23 heavy (non-hydrogen) atoms. The zero-order valence-corrected chi connectivity index (χ0v) is 13.8. The molecule has 3 saturated heterocycles. The normalized spacial score (nSPS) is 40.8. The van der Waals surface area contributed by atoms with Gasteiger partial charge in [-0.2, -0.15) is 0 Å². The van der Waals surface area contributed by atoms with Gasteiger partial charge in [0, 0.05) is 11.5 Å². The van der Waals surface area contributed by atoms with Gasteiger partial charge in [0.1, 0.15) is 24.4 Å². The first-order valence-electron chi connectivity index (χ1n) is 7.77. The lowest BCUT2D eigenvalue weighted by molar-refractivity contribution is -0.370. The third kappa shape index (κ3) is 3.61. The van der Waals surface area contributed by atoms with Crippen LogP contribution in [0.5, 0.6) is 0 Å². The van der Waals surface area contributed by atoms with Crippen molar-refractivity contribution in [3.8, 4) is 0 Å². The average molecular weight is 329 g/mol. The molecule has 0 aliphatic carbocycles. The number of ether oxygens (including phenoxy) is 6. The van der Waals surface area contributed by atoms with Gasteiger partial charge in [-0.3, -0.25) is 0 Å². The number of azide groups is 1. The minimum Gasteiger partial charge on any atom is -0.350 e. The second-order valence-electron chi connectivity index (χ2n) is 6.73. The van der Waals surface area contributed by atoms with E-state index in [1.165, 1.54) is 0 Å². The van der Waals surface area contributed by atoms with Gasteiger partial charge in [-0.25, -0.2) is 0 Å². The summed E-state index contributed by atoms with van der Waals surface area (Å²) in [7, 11) is 0. The molecule has 0 saturated carbocycles. The predicted octanol–water partition coefficient (Wildman–Crippen LogP) is 1.71. The molecule has 3 fully saturated rings. The average Bonchev–Trinajstić information content (AvgIpc) is 2.79. The van der Waals surface area contributed by atoms with Crippen LogP contribution in [0.25, 0.3) is 10.4 Å². The van der Waals surface area contributed by atoms with Gasteiger partial charge >= 0.3 is 0 Å². The lowest BCUT2D eigenvalue weighted by atomic mass is 9.97. The van der Waals surface area contributed by atoms with Crippen LogP contribution in [-0.2, 0) is 28.4 Å². The number of nitrogens with zero attached hydrogens (tertiary/aromatic N) is 3. The molecule has 0 amide bonds. The molecule has 3 aliphatic rings. The molecule has 0 radical (unpaired) electrons. The van der Waals surface area contributed by atoms with Gasteiger partial charge in [-0.05, 0) is 33.2 Å². The predicted molar refractivity (Wildman–Crippen MR) is 77.4 cm³/mol. The number of rotatable bonds is 4. The van der Waals surface area contributed by atoms with Gasteiger partial charge in [-0.1, -0.05) is 5.11 Å². The minimum absolute atomic E-state index is 0.228. The summed E-state index contributed by atoms with van der Waals surface area (Å²) in [5.74, 6) is -1.44. The molecule has 130 valence electrons. The summed E-state index contributed by atoms with van der Waals surface area (Å²) in [5, 5.41) is 3.45. The summed E-state index contributed by atoms with van der Waals surface area (Å²) < 4.78 is 35.3. The zero-order chi connectivity index (χ0) is 16.7.